The first-order valence-corrected chi connectivity index (χ1v) is 1.46. The molecule has 0 saturated heterocycles. The Morgan fingerprint density at radius 1 is 1.83 bits per heavy atom. The van der Waals surface area contributed by atoms with Gasteiger partial charge in [0.2, 0.25) is 0 Å². The zero-order chi connectivity index (χ0) is 4.28. The maximum absolute atomic E-state index is 8.12. The molecule has 0 radical (unpaired) electrons. The monoisotopic (exact) mass is 91.1 g/mol. The predicted molar refractivity (Wildman–Crippen MR) is 24.1 cm³/mol. The fourth-order valence-corrected chi connectivity index (χ4v) is 0. The highest BCUT2D eigenvalue weighted by Gasteiger charge is 1.77. The molecular formula is C3H9NO2. The number of hydrogen-bond donors (Lipinski definition) is 2. The quantitative estimate of drug-likeness (QED) is 0.407. The molecule has 0 rings (SSSR count). The molecule has 3 nitrogen and oxygen atoms in total. The largest absolute Gasteiger partial charge is 0.412 e. The van der Waals surface area contributed by atoms with Gasteiger partial charge in [0.15, 0.2) is 0 Å². The minimum Gasteiger partial charge on any atom is -0.412 e. The highest BCUT2D eigenvalue weighted by atomic mass is 16.3. The SMILES string of the molecule is CC(O)C=N.O. The third-order valence-electron chi connectivity index (χ3n) is 0.241. The van der Waals surface area contributed by atoms with Crippen LogP contribution < -0.4 is 0 Å². The lowest BCUT2D eigenvalue weighted by atomic mass is 10.5. The van der Waals surface area contributed by atoms with Gasteiger partial charge in [-0.2, -0.15) is 0 Å². The van der Waals surface area contributed by atoms with Crippen molar-refractivity contribution in [2.45, 2.75) is 13.0 Å². The maximum Gasteiger partial charge on any atom is 0.0856 e. The van der Waals surface area contributed by atoms with E-state index in [1.165, 1.54) is 6.92 Å². The summed E-state index contributed by atoms with van der Waals surface area (Å²) in [5.41, 5.74) is 0. The average Bonchev–Trinajstić information content (AvgIpc) is 1.38. The van der Waals surface area contributed by atoms with Crippen molar-refractivity contribution in [2.75, 3.05) is 0 Å². The fourth-order valence-electron chi connectivity index (χ4n) is 0. The molecule has 6 heavy (non-hydrogen) atoms. The Kier molecular flexibility index (Phi) is 6.99. The summed E-state index contributed by atoms with van der Waals surface area (Å²) >= 11 is 0. The van der Waals surface area contributed by atoms with Gasteiger partial charge in [-0.3, -0.25) is 0 Å². The van der Waals surface area contributed by atoms with E-state index in [1.54, 1.807) is 0 Å². The van der Waals surface area contributed by atoms with Crippen LogP contribution in [0.2, 0.25) is 0 Å². The molecule has 0 aromatic carbocycles. The summed E-state index contributed by atoms with van der Waals surface area (Å²) in [6.07, 6.45) is 0.398. The van der Waals surface area contributed by atoms with E-state index in [9.17, 15) is 0 Å². The lowest BCUT2D eigenvalue weighted by Crippen LogP contribution is -1.97. The molecule has 0 aliphatic heterocycles. The second-order valence-electron chi connectivity index (χ2n) is 0.907. The van der Waals surface area contributed by atoms with E-state index in [-0.39, 0.29) is 5.48 Å². The van der Waals surface area contributed by atoms with Crippen LogP contribution in [0.1, 0.15) is 6.92 Å². The van der Waals surface area contributed by atoms with Crippen LogP contribution in [-0.4, -0.2) is 22.9 Å². The van der Waals surface area contributed by atoms with E-state index in [1.807, 2.05) is 0 Å². The second kappa shape index (κ2) is 4.59. The Hall–Kier alpha value is -0.410. The Morgan fingerprint density at radius 2 is 2.00 bits per heavy atom. The van der Waals surface area contributed by atoms with Gasteiger partial charge in [-0.1, -0.05) is 0 Å². The molecule has 38 valence electrons. The predicted octanol–water partition coefficient (Wildman–Crippen LogP) is -0.808. The van der Waals surface area contributed by atoms with Gasteiger partial charge in [0, 0.05) is 6.21 Å². The minimum atomic E-state index is -0.574. The first kappa shape index (κ1) is 9.14. The van der Waals surface area contributed by atoms with E-state index in [0.717, 1.165) is 6.21 Å². The number of aliphatic hydroxyl groups excluding tert-OH is 1. The van der Waals surface area contributed by atoms with Crippen LogP contribution in [0.5, 0.6) is 0 Å². The Morgan fingerprint density at radius 3 is 2.00 bits per heavy atom. The summed E-state index contributed by atoms with van der Waals surface area (Å²) < 4.78 is 0. The van der Waals surface area contributed by atoms with Crippen LogP contribution in [0.3, 0.4) is 0 Å². The molecule has 0 bridgehead atoms. The van der Waals surface area contributed by atoms with Crippen molar-refractivity contribution in [3.05, 3.63) is 0 Å². The van der Waals surface area contributed by atoms with Gasteiger partial charge in [-0.05, 0) is 6.92 Å². The van der Waals surface area contributed by atoms with Crippen molar-refractivity contribution in [1.29, 1.82) is 5.41 Å². The normalized spacial score (nSPS) is 11.7. The molecule has 0 fully saturated rings. The summed E-state index contributed by atoms with van der Waals surface area (Å²) in [4.78, 5) is 0. The van der Waals surface area contributed by atoms with E-state index in [0.29, 0.717) is 0 Å². The first-order chi connectivity index (χ1) is 2.27. The fraction of sp³-hybridized carbons (Fsp3) is 0.667. The van der Waals surface area contributed by atoms with Gasteiger partial charge in [-0.25, -0.2) is 0 Å². The maximum atomic E-state index is 8.12. The van der Waals surface area contributed by atoms with Crippen molar-refractivity contribution in [3.63, 3.8) is 0 Å². The van der Waals surface area contributed by atoms with Gasteiger partial charge < -0.3 is 16.0 Å². The van der Waals surface area contributed by atoms with E-state index in [4.69, 9.17) is 10.5 Å². The molecule has 0 aliphatic carbocycles. The number of hydrogen-bond acceptors (Lipinski definition) is 2. The van der Waals surface area contributed by atoms with Gasteiger partial charge in [0.25, 0.3) is 0 Å². The van der Waals surface area contributed by atoms with Crippen molar-refractivity contribution < 1.29 is 10.6 Å². The third kappa shape index (κ3) is 9.53. The van der Waals surface area contributed by atoms with Crippen LogP contribution in [0.25, 0.3) is 0 Å². The lowest BCUT2D eigenvalue weighted by molar-refractivity contribution is 0.266. The van der Waals surface area contributed by atoms with Crippen molar-refractivity contribution in [2.24, 2.45) is 0 Å². The van der Waals surface area contributed by atoms with Gasteiger partial charge >= 0.3 is 0 Å². The molecule has 0 amide bonds. The summed E-state index contributed by atoms with van der Waals surface area (Å²) in [6, 6.07) is 0. The van der Waals surface area contributed by atoms with Crippen LogP contribution in [0.4, 0.5) is 0 Å². The Bertz CT molecular complexity index is 35.8. The Labute approximate surface area is 36.4 Å². The highest BCUT2D eigenvalue weighted by Crippen LogP contribution is 1.63. The van der Waals surface area contributed by atoms with Gasteiger partial charge in [-0.15, -0.1) is 0 Å². The average molecular weight is 91.1 g/mol. The smallest absolute Gasteiger partial charge is 0.0856 e. The third-order valence-corrected chi connectivity index (χ3v) is 0.241. The molecule has 4 N–H and O–H groups in total. The summed E-state index contributed by atoms with van der Waals surface area (Å²) in [5.74, 6) is 0. The number of rotatable bonds is 1. The number of nitrogens with one attached hydrogen (secondary N) is 1. The van der Waals surface area contributed by atoms with E-state index < -0.39 is 6.10 Å². The van der Waals surface area contributed by atoms with Gasteiger partial charge in [0.1, 0.15) is 0 Å². The van der Waals surface area contributed by atoms with Crippen molar-refractivity contribution in [3.8, 4) is 0 Å². The molecule has 0 spiro atoms. The lowest BCUT2D eigenvalue weighted by Gasteiger charge is -1.82. The van der Waals surface area contributed by atoms with Crippen LogP contribution in [-0.2, 0) is 0 Å². The van der Waals surface area contributed by atoms with Crippen molar-refractivity contribution >= 4 is 6.21 Å². The van der Waals surface area contributed by atoms with E-state index >= 15 is 0 Å². The molecule has 0 aromatic rings. The Balaban J connectivity index is 0. The first-order valence-electron chi connectivity index (χ1n) is 1.46. The molecule has 3 heteroatoms. The van der Waals surface area contributed by atoms with Crippen LogP contribution in [0.15, 0.2) is 0 Å². The summed E-state index contributed by atoms with van der Waals surface area (Å²) in [7, 11) is 0. The number of aliphatic hydroxyl groups is 1. The molecule has 1 unspecified atom stereocenters. The second-order valence-corrected chi connectivity index (χ2v) is 0.907. The zero-order valence-corrected chi connectivity index (χ0v) is 3.60. The van der Waals surface area contributed by atoms with Crippen LogP contribution in [0, 0.1) is 5.41 Å². The molecule has 0 aliphatic rings. The molecule has 0 aromatic heterocycles. The van der Waals surface area contributed by atoms with Crippen LogP contribution >= 0.6 is 0 Å². The summed E-state index contributed by atoms with van der Waals surface area (Å²) in [6.45, 7) is 1.53. The van der Waals surface area contributed by atoms with E-state index in [2.05, 4.69) is 0 Å². The molecule has 1 atom stereocenters. The topological polar surface area (TPSA) is 75.6 Å². The van der Waals surface area contributed by atoms with Crippen molar-refractivity contribution in [1.82, 2.24) is 0 Å². The van der Waals surface area contributed by atoms with Gasteiger partial charge in [0.05, 0.1) is 6.10 Å². The summed E-state index contributed by atoms with van der Waals surface area (Å²) in [5, 5.41) is 14.4. The highest BCUT2D eigenvalue weighted by molar-refractivity contribution is 5.57. The standard InChI is InChI=1S/C3H7NO.H2O/c1-3(5)2-4;/h2-5H,1H3;1H2. The molecule has 0 heterocycles. The molecular weight excluding hydrogens is 82.0 g/mol. The minimum absolute atomic E-state index is 0. The zero-order valence-electron chi connectivity index (χ0n) is 3.60. The molecule has 0 saturated carbocycles.